The lowest BCUT2D eigenvalue weighted by Crippen LogP contribution is -2.23. The van der Waals surface area contributed by atoms with Crippen molar-refractivity contribution in [3.63, 3.8) is 0 Å². The molecule has 1 fully saturated rings. The third kappa shape index (κ3) is 4.20. The zero-order valence-electron chi connectivity index (χ0n) is 12.4. The average Bonchev–Trinajstić information content (AvgIpc) is 2.41. The highest BCUT2D eigenvalue weighted by atomic mass is 16.5. The van der Waals surface area contributed by atoms with Gasteiger partial charge in [-0.2, -0.15) is 0 Å². The molecule has 106 valence electrons. The summed E-state index contributed by atoms with van der Waals surface area (Å²) in [6.07, 6.45) is 6.21. The highest BCUT2D eigenvalue weighted by Crippen LogP contribution is 2.27. The average molecular weight is 262 g/mol. The molecule has 1 aromatic rings. The first kappa shape index (κ1) is 14.3. The van der Waals surface area contributed by atoms with Crippen LogP contribution in [-0.4, -0.2) is 18.1 Å². The van der Waals surface area contributed by atoms with E-state index in [-0.39, 0.29) is 0 Å². The van der Waals surface area contributed by atoms with Crippen molar-refractivity contribution in [3.05, 3.63) is 23.4 Å². The predicted octanol–water partition coefficient (Wildman–Crippen LogP) is 3.32. The largest absolute Gasteiger partial charge is 0.474 e. The molecule has 3 heteroatoms. The Bertz CT molecular complexity index is 398. The summed E-state index contributed by atoms with van der Waals surface area (Å²) in [5.74, 6) is 1.67. The predicted molar refractivity (Wildman–Crippen MR) is 78.4 cm³/mol. The van der Waals surface area contributed by atoms with Crippen LogP contribution in [0.3, 0.4) is 0 Å². The number of nitrogens with zero attached hydrogens (tertiary/aromatic N) is 1. The van der Waals surface area contributed by atoms with E-state index < -0.39 is 0 Å². The first-order chi connectivity index (χ1) is 9.21. The Balaban J connectivity index is 2.04. The van der Waals surface area contributed by atoms with Gasteiger partial charge in [0.2, 0.25) is 5.88 Å². The molecule has 19 heavy (non-hydrogen) atoms. The van der Waals surface area contributed by atoms with Gasteiger partial charge in [-0.15, -0.1) is 0 Å². The Morgan fingerprint density at radius 3 is 2.63 bits per heavy atom. The van der Waals surface area contributed by atoms with Crippen molar-refractivity contribution in [3.8, 4) is 5.88 Å². The van der Waals surface area contributed by atoms with Gasteiger partial charge in [-0.1, -0.05) is 13.8 Å². The van der Waals surface area contributed by atoms with Gasteiger partial charge in [0, 0.05) is 18.3 Å². The number of rotatable bonds is 5. The van der Waals surface area contributed by atoms with E-state index in [0.717, 1.165) is 30.5 Å². The smallest absolute Gasteiger partial charge is 0.214 e. The van der Waals surface area contributed by atoms with Gasteiger partial charge >= 0.3 is 0 Å². The van der Waals surface area contributed by atoms with Crippen LogP contribution < -0.4 is 10.1 Å². The molecule has 1 N–H and O–H groups in total. The van der Waals surface area contributed by atoms with Crippen molar-refractivity contribution in [1.29, 1.82) is 0 Å². The van der Waals surface area contributed by atoms with Crippen LogP contribution in [0.15, 0.2) is 12.1 Å². The lowest BCUT2D eigenvalue weighted by molar-refractivity contribution is 0.130. The summed E-state index contributed by atoms with van der Waals surface area (Å²) in [5, 5.41) is 3.19. The number of hydrogen-bond donors (Lipinski definition) is 1. The molecule has 0 amide bonds. The van der Waals surface area contributed by atoms with E-state index in [1.165, 1.54) is 31.2 Å². The topological polar surface area (TPSA) is 34.1 Å². The van der Waals surface area contributed by atoms with Gasteiger partial charge in [-0.05, 0) is 56.7 Å². The molecule has 1 heterocycles. The van der Waals surface area contributed by atoms with Gasteiger partial charge in [0.1, 0.15) is 6.10 Å². The molecule has 3 nitrogen and oxygen atoms in total. The van der Waals surface area contributed by atoms with Crippen LogP contribution in [0, 0.1) is 5.92 Å². The fourth-order valence-electron chi connectivity index (χ4n) is 2.69. The van der Waals surface area contributed by atoms with Gasteiger partial charge in [-0.25, -0.2) is 4.98 Å². The molecule has 0 atom stereocenters. The molecule has 0 bridgehead atoms. The Morgan fingerprint density at radius 1 is 1.26 bits per heavy atom. The molecule has 0 spiro atoms. The summed E-state index contributed by atoms with van der Waals surface area (Å²) in [5.41, 5.74) is 2.38. The zero-order chi connectivity index (χ0) is 13.7. The van der Waals surface area contributed by atoms with Crippen molar-refractivity contribution in [2.45, 2.75) is 58.6 Å². The van der Waals surface area contributed by atoms with Crippen LogP contribution in [0.2, 0.25) is 0 Å². The van der Waals surface area contributed by atoms with E-state index in [2.05, 4.69) is 36.3 Å². The molecule has 0 saturated heterocycles. The first-order valence-corrected chi connectivity index (χ1v) is 7.52. The number of ether oxygens (including phenoxy) is 1. The normalized spacial score (nSPS) is 23.3. The second-order valence-corrected chi connectivity index (χ2v) is 5.69. The van der Waals surface area contributed by atoms with Crippen molar-refractivity contribution in [2.75, 3.05) is 7.05 Å². The van der Waals surface area contributed by atoms with E-state index in [9.17, 15) is 0 Å². The first-order valence-electron chi connectivity index (χ1n) is 7.52. The minimum Gasteiger partial charge on any atom is -0.474 e. The van der Waals surface area contributed by atoms with Crippen LogP contribution in [0.1, 0.15) is 50.8 Å². The lowest BCUT2D eigenvalue weighted by Gasteiger charge is -2.26. The van der Waals surface area contributed by atoms with Crippen molar-refractivity contribution < 1.29 is 4.74 Å². The number of nitrogens with one attached hydrogen (secondary N) is 1. The third-order valence-electron chi connectivity index (χ3n) is 3.91. The molecule has 2 rings (SSSR count). The second kappa shape index (κ2) is 6.90. The molecule has 1 aliphatic carbocycles. The van der Waals surface area contributed by atoms with Gasteiger partial charge in [0.15, 0.2) is 0 Å². The highest BCUT2D eigenvalue weighted by molar-refractivity contribution is 5.25. The maximum atomic E-state index is 6.09. The quantitative estimate of drug-likeness (QED) is 0.884. The van der Waals surface area contributed by atoms with Gasteiger partial charge in [0.05, 0.1) is 0 Å². The number of aromatic nitrogens is 1. The van der Waals surface area contributed by atoms with E-state index in [4.69, 9.17) is 4.74 Å². The molecular formula is C16H26N2O. The molecule has 1 aromatic heterocycles. The standard InChI is InChI=1S/C16H26N2O/c1-4-14-9-13(11-17-3)10-16(18-14)19-15-7-5-12(2)6-8-15/h9-10,12,15,17H,4-8,11H2,1-3H3. The monoisotopic (exact) mass is 262 g/mol. The number of pyridine rings is 1. The van der Waals surface area contributed by atoms with Crippen molar-refractivity contribution >= 4 is 0 Å². The minimum atomic E-state index is 0.359. The Kier molecular flexibility index (Phi) is 5.20. The lowest BCUT2D eigenvalue weighted by atomic mass is 9.89. The van der Waals surface area contributed by atoms with Crippen LogP contribution >= 0.6 is 0 Å². The summed E-state index contributed by atoms with van der Waals surface area (Å²) in [4.78, 5) is 4.60. The van der Waals surface area contributed by atoms with Crippen LogP contribution in [0.25, 0.3) is 0 Å². The third-order valence-corrected chi connectivity index (χ3v) is 3.91. The summed E-state index contributed by atoms with van der Waals surface area (Å²) in [6, 6.07) is 4.24. The van der Waals surface area contributed by atoms with Gasteiger partial charge < -0.3 is 10.1 Å². The Hall–Kier alpha value is -1.09. The summed E-state index contributed by atoms with van der Waals surface area (Å²) < 4.78 is 6.09. The SMILES string of the molecule is CCc1cc(CNC)cc(OC2CCC(C)CC2)n1. The highest BCUT2D eigenvalue weighted by Gasteiger charge is 2.20. The van der Waals surface area contributed by atoms with Crippen LogP contribution in [-0.2, 0) is 13.0 Å². The van der Waals surface area contributed by atoms with Crippen molar-refractivity contribution in [1.82, 2.24) is 10.3 Å². The maximum Gasteiger partial charge on any atom is 0.214 e. The van der Waals surface area contributed by atoms with E-state index in [1.807, 2.05) is 7.05 Å². The van der Waals surface area contributed by atoms with Crippen molar-refractivity contribution in [2.24, 2.45) is 5.92 Å². The fourth-order valence-corrected chi connectivity index (χ4v) is 2.69. The zero-order valence-corrected chi connectivity index (χ0v) is 12.4. The van der Waals surface area contributed by atoms with E-state index in [0.29, 0.717) is 6.10 Å². The summed E-state index contributed by atoms with van der Waals surface area (Å²) in [6.45, 7) is 5.34. The number of aryl methyl sites for hydroxylation is 1. The maximum absolute atomic E-state index is 6.09. The summed E-state index contributed by atoms with van der Waals surface area (Å²) >= 11 is 0. The Morgan fingerprint density at radius 2 is 2.00 bits per heavy atom. The molecule has 0 unspecified atom stereocenters. The molecule has 0 radical (unpaired) electrons. The molecular weight excluding hydrogens is 236 g/mol. The molecule has 1 saturated carbocycles. The molecule has 0 aliphatic heterocycles. The molecule has 1 aliphatic rings. The van der Waals surface area contributed by atoms with E-state index >= 15 is 0 Å². The fraction of sp³-hybridized carbons (Fsp3) is 0.688. The second-order valence-electron chi connectivity index (χ2n) is 5.69. The van der Waals surface area contributed by atoms with E-state index in [1.54, 1.807) is 0 Å². The van der Waals surface area contributed by atoms with Gasteiger partial charge in [-0.3, -0.25) is 0 Å². The minimum absolute atomic E-state index is 0.359. The van der Waals surface area contributed by atoms with Gasteiger partial charge in [0.25, 0.3) is 0 Å². The summed E-state index contributed by atoms with van der Waals surface area (Å²) in [7, 11) is 1.97. The Labute approximate surface area is 116 Å². The van der Waals surface area contributed by atoms with Crippen LogP contribution in [0.4, 0.5) is 0 Å². The molecule has 0 aromatic carbocycles. The van der Waals surface area contributed by atoms with Crippen LogP contribution in [0.5, 0.6) is 5.88 Å². The number of hydrogen-bond acceptors (Lipinski definition) is 3.